The van der Waals surface area contributed by atoms with E-state index < -0.39 is 10.0 Å². The first kappa shape index (κ1) is 26.9. The number of methoxy groups -OCH3 is 1. The van der Waals surface area contributed by atoms with Gasteiger partial charge in [-0.2, -0.15) is 0 Å². The molecule has 3 aromatic carbocycles. The molecule has 204 valence electrons. The lowest BCUT2D eigenvalue weighted by molar-refractivity contribution is 0.0948. The maximum absolute atomic E-state index is 14.0. The smallest absolute Gasteiger partial charge is 0.261 e. The van der Waals surface area contributed by atoms with Crippen molar-refractivity contribution in [2.45, 2.75) is 4.90 Å². The van der Waals surface area contributed by atoms with Crippen LogP contribution in [0.15, 0.2) is 71.6 Å². The lowest BCUT2D eigenvalue weighted by Gasteiger charge is -2.34. The van der Waals surface area contributed by atoms with Crippen LogP contribution in [0.5, 0.6) is 5.75 Å². The number of carbonyl (C=O) groups excluding carboxylic acids is 1. The molecule has 0 saturated carbocycles. The van der Waals surface area contributed by atoms with Crippen molar-refractivity contribution in [2.75, 3.05) is 56.0 Å². The summed E-state index contributed by atoms with van der Waals surface area (Å²) >= 11 is 1.50. The maximum atomic E-state index is 14.0. The Morgan fingerprint density at radius 2 is 1.74 bits per heavy atom. The zero-order valence-corrected chi connectivity index (χ0v) is 22.9. The van der Waals surface area contributed by atoms with E-state index in [-0.39, 0.29) is 16.6 Å². The van der Waals surface area contributed by atoms with Gasteiger partial charge in [0.1, 0.15) is 17.1 Å². The van der Waals surface area contributed by atoms with Gasteiger partial charge in [0.05, 0.1) is 16.7 Å². The van der Waals surface area contributed by atoms with Gasteiger partial charge >= 0.3 is 0 Å². The summed E-state index contributed by atoms with van der Waals surface area (Å²) in [5.41, 5.74) is 1.22. The number of sulfonamides is 1. The van der Waals surface area contributed by atoms with Crippen LogP contribution >= 0.6 is 11.3 Å². The topological polar surface area (TPSA) is 104 Å². The van der Waals surface area contributed by atoms with E-state index in [4.69, 9.17) is 4.74 Å². The molecule has 12 heteroatoms. The Balaban J connectivity index is 1.07. The Labute approximate surface area is 230 Å². The average molecular weight is 570 g/mol. The fourth-order valence-electron chi connectivity index (χ4n) is 4.29. The molecule has 0 unspecified atom stereocenters. The second kappa shape index (κ2) is 11.6. The molecule has 1 aromatic heterocycles. The van der Waals surface area contributed by atoms with Gasteiger partial charge in [0.2, 0.25) is 0 Å². The molecule has 0 spiro atoms. The van der Waals surface area contributed by atoms with Gasteiger partial charge in [-0.25, -0.2) is 17.8 Å². The lowest BCUT2D eigenvalue weighted by Crippen LogP contribution is -2.48. The highest BCUT2D eigenvalue weighted by Gasteiger charge is 2.21. The minimum atomic E-state index is -3.76. The monoisotopic (exact) mass is 569 g/mol. The summed E-state index contributed by atoms with van der Waals surface area (Å²) in [4.78, 5) is 21.6. The van der Waals surface area contributed by atoms with Crippen molar-refractivity contribution < 1.29 is 22.3 Å². The number of thiazole rings is 1. The van der Waals surface area contributed by atoms with Crippen molar-refractivity contribution in [3.63, 3.8) is 0 Å². The van der Waals surface area contributed by atoms with E-state index in [0.29, 0.717) is 35.6 Å². The standard InChI is InChI=1S/C27H28FN5O4S2/c1-37-21-9-11-22(12-10-21)39(35,36)31-20-7-5-19(6-8-20)26(34)29-13-14-32-15-17-33(18-16-32)27-30-25-23(28)3-2-4-24(25)38-27/h2-12,31H,13-18H2,1H3,(H,29,34). The predicted octanol–water partition coefficient (Wildman–Crippen LogP) is 3.80. The Bertz CT molecular complexity index is 1550. The number of ether oxygens (including phenoxy) is 1. The molecule has 2 N–H and O–H groups in total. The van der Waals surface area contributed by atoms with E-state index in [9.17, 15) is 17.6 Å². The van der Waals surface area contributed by atoms with Gasteiger partial charge in [0.15, 0.2) is 5.13 Å². The minimum Gasteiger partial charge on any atom is -0.497 e. The van der Waals surface area contributed by atoms with Gasteiger partial charge < -0.3 is 15.0 Å². The van der Waals surface area contributed by atoms with E-state index in [1.165, 1.54) is 36.6 Å². The first-order valence-corrected chi connectivity index (χ1v) is 14.7. The summed E-state index contributed by atoms with van der Waals surface area (Å²) in [6, 6.07) is 17.4. The van der Waals surface area contributed by atoms with Crippen LogP contribution < -0.4 is 19.7 Å². The van der Waals surface area contributed by atoms with Crippen molar-refractivity contribution in [3.8, 4) is 5.75 Å². The van der Waals surface area contributed by atoms with Crippen LogP contribution in [-0.2, 0) is 10.0 Å². The molecule has 0 bridgehead atoms. The van der Waals surface area contributed by atoms with Crippen LogP contribution in [0, 0.1) is 5.82 Å². The van der Waals surface area contributed by atoms with Crippen molar-refractivity contribution >= 4 is 48.3 Å². The number of nitrogens with one attached hydrogen (secondary N) is 2. The molecular formula is C27H28FN5O4S2. The molecule has 5 rings (SSSR count). The molecule has 1 saturated heterocycles. The third-order valence-electron chi connectivity index (χ3n) is 6.48. The van der Waals surface area contributed by atoms with E-state index >= 15 is 0 Å². The first-order chi connectivity index (χ1) is 18.8. The molecule has 39 heavy (non-hydrogen) atoms. The summed E-state index contributed by atoms with van der Waals surface area (Å²) in [7, 11) is -2.25. The maximum Gasteiger partial charge on any atom is 0.261 e. The van der Waals surface area contributed by atoms with Crippen LogP contribution in [-0.4, -0.2) is 70.6 Å². The van der Waals surface area contributed by atoms with E-state index in [2.05, 4.69) is 24.8 Å². The van der Waals surface area contributed by atoms with Crippen molar-refractivity contribution in [1.29, 1.82) is 0 Å². The summed E-state index contributed by atoms with van der Waals surface area (Å²) < 4.78 is 47.6. The van der Waals surface area contributed by atoms with Gasteiger partial charge in [0.25, 0.3) is 15.9 Å². The Morgan fingerprint density at radius 1 is 1.03 bits per heavy atom. The highest BCUT2D eigenvalue weighted by atomic mass is 32.2. The molecule has 0 radical (unpaired) electrons. The highest BCUT2D eigenvalue weighted by molar-refractivity contribution is 7.92. The third kappa shape index (κ3) is 6.29. The Hall–Kier alpha value is -3.74. The van der Waals surface area contributed by atoms with Gasteiger partial charge in [-0.1, -0.05) is 17.4 Å². The molecule has 1 aliphatic rings. The molecule has 1 amide bonds. The number of para-hydroxylation sites is 1. The molecule has 4 aromatic rings. The van der Waals surface area contributed by atoms with Crippen molar-refractivity contribution in [2.24, 2.45) is 0 Å². The normalized spacial score (nSPS) is 14.4. The van der Waals surface area contributed by atoms with Gasteiger partial charge in [-0.15, -0.1) is 0 Å². The van der Waals surface area contributed by atoms with E-state index in [1.54, 1.807) is 42.5 Å². The second-order valence-electron chi connectivity index (χ2n) is 9.03. The van der Waals surface area contributed by atoms with Crippen LogP contribution in [0.2, 0.25) is 0 Å². The molecule has 0 aliphatic carbocycles. The number of rotatable bonds is 9. The Morgan fingerprint density at radius 3 is 2.41 bits per heavy atom. The van der Waals surface area contributed by atoms with Gasteiger partial charge in [-0.3, -0.25) is 14.4 Å². The largest absolute Gasteiger partial charge is 0.497 e. The number of nitrogens with zero attached hydrogens (tertiary/aromatic N) is 3. The number of amides is 1. The zero-order chi connectivity index (χ0) is 27.4. The fourth-order valence-corrected chi connectivity index (χ4v) is 6.38. The quantitative estimate of drug-likeness (QED) is 0.316. The number of carbonyl (C=O) groups is 1. The zero-order valence-electron chi connectivity index (χ0n) is 21.3. The molecule has 1 aliphatic heterocycles. The van der Waals surface area contributed by atoms with Gasteiger partial charge in [-0.05, 0) is 60.7 Å². The SMILES string of the molecule is COc1ccc(S(=O)(=O)Nc2ccc(C(=O)NCCN3CCN(c4nc5c(F)cccc5s4)CC3)cc2)cc1. The number of hydrogen-bond donors (Lipinski definition) is 2. The predicted molar refractivity (Wildman–Crippen MR) is 151 cm³/mol. The number of halogens is 1. The first-order valence-electron chi connectivity index (χ1n) is 12.4. The summed E-state index contributed by atoms with van der Waals surface area (Å²) in [5.74, 6) is 0.0393. The minimum absolute atomic E-state index is 0.111. The summed E-state index contributed by atoms with van der Waals surface area (Å²) in [5, 5.41) is 3.75. The average Bonchev–Trinajstić information content (AvgIpc) is 3.39. The summed E-state index contributed by atoms with van der Waals surface area (Å²) in [6.45, 7) is 4.38. The van der Waals surface area contributed by atoms with Crippen molar-refractivity contribution in [1.82, 2.24) is 15.2 Å². The summed E-state index contributed by atoms with van der Waals surface area (Å²) in [6.07, 6.45) is 0. The number of benzene rings is 3. The molecule has 0 atom stereocenters. The van der Waals surface area contributed by atoms with E-state index in [0.717, 1.165) is 36.0 Å². The van der Waals surface area contributed by atoms with Crippen LogP contribution in [0.3, 0.4) is 0 Å². The fraction of sp³-hybridized carbons (Fsp3) is 0.259. The molecule has 2 heterocycles. The molecule has 1 fully saturated rings. The number of anilines is 2. The number of aromatic nitrogens is 1. The second-order valence-corrected chi connectivity index (χ2v) is 11.7. The number of hydrogen-bond acceptors (Lipinski definition) is 8. The highest BCUT2D eigenvalue weighted by Crippen LogP contribution is 2.30. The Kier molecular flexibility index (Phi) is 7.96. The lowest BCUT2D eigenvalue weighted by atomic mass is 10.2. The van der Waals surface area contributed by atoms with Crippen LogP contribution in [0.4, 0.5) is 15.2 Å². The number of piperazine rings is 1. The molecule has 9 nitrogen and oxygen atoms in total. The van der Waals surface area contributed by atoms with Gasteiger partial charge in [0, 0.05) is 50.5 Å². The number of fused-ring (bicyclic) bond motifs is 1. The van der Waals surface area contributed by atoms with E-state index in [1.807, 2.05) is 6.07 Å². The van der Waals surface area contributed by atoms with Crippen molar-refractivity contribution in [3.05, 3.63) is 78.1 Å². The molecular weight excluding hydrogens is 541 g/mol. The van der Waals surface area contributed by atoms with Crippen LogP contribution in [0.25, 0.3) is 10.2 Å². The van der Waals surface area contributed by atoms with Crippen LogP contribution in [0.1, 0.15) is 10.4 Å². The third-order valence-corrected chi connectivity index (χ3v) is 8.96.